The summed E-state index contributed by atoms with van der Waals surface area (Å²) in [4.78, 5) is 21.4. The van der Waals surface area contributed by atoms with Gasteiger partial charge in [0.1, 0.15) is 0 Å². The molecule has 2 unspecified atom stereocenters. The number of carbonyl (C=O) groups is 2. The minimum absolute atomic E-state index is 0.0427. The van der Waals surface area contributed by atoms with Crippen LogP contribution in [0.3, 0.4) is 0 Å². The Bertz CT molecular complexity index is 290. The van der Waals surface area contributed by atoms with Gasteiger partial charge in [-0.15, -0.1) is 0 Å². The minimum atomic E-state index is -1.15. The molecular weight excluding hydrogens is 238 g/mol. The molecule has 0 spiro atoms. The first kappa shape index (κ1) is 16.6. The van der Waals surface area contributed by atoms with Crippen LogP contribution in [0.1, 0.15) is 20.8 Å². The Kier molecular flexibility index (Phi) is 8.86. The van der Waals surface area contributed by atoms with Crippen LogP contribution in [0, 0.1) is 0 Å². The number of hydrogen-bond acceptors (Lipinski definition) is 4. The van der Waals surface area contributed by atoms with Crippen LogP contribution in [0.2, 0.25) is 0 Å². The predicted molar refractivity (Wildman–Crippen MR) is 66.3 cm³/mol. The van der Waals surface area contributed by atoms with E-state index in [0.717, 1.165) is 12.2 Å². The van der Waals surface area contributed by atoms with E-state index in [9.17, 15) is 9.59 Å². The summed E-state index contributed by atoms with van der Waals surface area (Å²) in [7, 11) is 0. The maximum Gasteiger partial charge on any atom is 0.328 e. The van der Waals surface area contributed by atoms with Gasteiger partial charge in [-0.05, 0) is 20.8 Å². The summed E-state index contributed by atoms with van der Waals surface area (Å²) >= 11 is 0. The number of aliphatic carboxylic acids is 1. The first-order valence-corrected chi connectivity index (χ1v) is 5.86. The molecule has 0 aliphatic carbocycles. The normalized spacial score (nSPS) is 14.4. The molecule has 0 aromatic heterocycles. The fourth-order valence-corrected chi connectivity index (χ4v) is 1.12. The van der Waals surface area contributed by atoms with Gasteiger partial charge in [-0.1, -0.05) is 0 Å². The average molecular weight is 259 g/mol. The molecule has 0 rings (SSSR count). The summed E-state index contributed by atoms with van der Waals surface area (Å²) in [6, 6.07) is -0.194. The third kappa shape index (κ3) is 9.80. The maximum absolute atomic E-state index is 11.2. The average Bonchev–Trinajstić information content (AvgIpc) is 2.31. The van der Waals surface area contributed by atoms with E-state index in [-0.39, 0.29) is 12.1 Å². The summed E-state index contributed by atoms with van der Waals surface area (Å²) in [6.07, 6.45) is 1.72. The molecule has 104 valence electrons. The second-order valence-corrected chi connectivity index (χ2v) is 3.88. The SMILES string of the molecule is CCOCC(C)OCC(C)NC(=O)/C=C\C(=O)O. The molecule has 0 aromatic carbocycles. The number of carboxylic acids is 1. The highest BCUT2D eigenvalue weighted by Gasteiger charge is 2.08. The summed E-state index contributed by atoms with van der Waals surface area (Å²) in [5.41, 5.74) is 0. The number of hydrogen-bond donors (Lipinski definition) is 2. The van der Waals surface area contributed by atoms with Gasteiger partial charge in [-0.3, -0.25) is 4.79 Å². The number of rotatable bonds is 9. The molecule has 0 fully saturated rings. The Morgan fingerprint density at radius 1 is 1.28 bits per heavy atom. The van der Waals surface area contributed by atoms with Gasteiger partial charge in [-0.2, -0.15) is 0 Å². The van der Waals surface area contributed by atoms with Crippen LogP contribution in [0.5, 0.6) is 0 Å². The zero-order valence-corrected chi connectivity index (χ0v) is 11.0. The van der Waals surface area contributed by atoms with E-state index in [1.54, 1.807) is 6.92 Å². The van der Waals surface area contributed by atoms with Crippen LogP contribution < -0.4 is 5.32 Å². The Labute approximate surface area is 107 Å². The second-order valence-electron chi connectivity index (χ2n) is 3.88. The number of ether oxygens (including phenoxy) is 2. The lowest BCUT2D eigenvalue weighted by molar-refractivity contribution is -0.131. The zero-order valence-electron chi connectivity index (χ0n) is 11.0. The quantitative estimate of drug-likeness (QED) is 0.591. The molecule has 0 aliphatic rings. The smallest absolute Gasteiger partial charge is 0.328 e. The van der Waals surface area contributed by atoms with E-state index in [1.165, 1.54) is 0 Å². The highest BCUT2D eigenvalue weighted by Crippen LogP contribution is 1.94. The maximum atomic E-state index is 11.2. The molecule has 0 bridgehead atoms. The van der Waals surface area contributed by atoms with Crippen molar-refractivity contribution in [3.05, 3.63) is 12.2 Å². The van der Waals surface area contributed by atoms with E-state index in [1.807, 2.05) is 13.8 Å². The van der Waals surface area contributed by atoms with Gasteiger partial charge < -0.3 is 19.9 Å². The van der Waals surface area contributed by atoms with Gasteiger partial charge in [0, 0.05) is 24.8 Å². The topological polar surface area (TPSA) is 84.9 Å². The van der Waals surface area contributed by atoms with Crippen molar-refractivity contribution in [3.8, 4) is 0 Å². The van der Waals surface area contributed by atoms with Crippen molar-refractivity contribution >= 4 is 11.9 Å². The Hall–Kier alpha value is -1.40. The van der Waals surface area contributed by atoms with Crippen molar-refractivity contribution < 1.29 is 24.2 Å². The molecule has 0 radical (unpaired) electrons. The van der Waals surface area contributed by atoms with Crippen LogP contribution in [-0.2, 0) is 19.1 Å². The van der Waals surface area contributed by atoms with E-state index < -0.39 is 11.9 Å². The van der Waals surface area contributed by atoms with Gasteiger partial charge in [0.2, 0.25) is 5.91 Å². The van der Waals surface area contributed by atoms with Gasteiger partial charge in [0.05, 0.1) is 19.3 Å². The van der Waals surface area contributed by atoms with Gasteiger partial charge >= 0.3 is 5.97 Å². The molecule has 0 saturated carbocycles. The van der Waals surface area contributed by atoms with E-state index in [2.05, 4.69) is 5.32 Å². The molecule has 2 atom stereocenters. The fraction of sp³-hybridized carbons (Fsp3) is 0.667. The predicted octanol–water partition coefficient (Wildman–Crippen LogP) is 0.573. The summed E-state index contributed by atoms with van der Waals surface area (Å²) in [5, 5.41) is 10.9. The zero-order chi connectivity index (χ0) is 14.0. The molecule has 0 heterocycles. The monoisotopic (exact) mass is 259 g/mol. The van der Waals surface area contributed by atoms with Crippen molar-refractivity contribution in [2.45, 2.75) is 32.9 Å². The lowest BCUT2D eigenvalue weighted by Crippen LogP contribution is -2.36. The standard InChI is InChI=1S/C12H21NO5/c1-4-17-8-10(3)18-7-9(2)13-11(14)5-6-12(15)16/h5-6,9-10H,4,7-8H2,1-3H3,(H,13,14)(H,15,16)/b6-5-. The third-order valence-electron chi connectivity index (χ3n) is 1.95. The summed E-state index contributed by atoms with van der Waals surface area (Å²) < 4.78 is 10.6. The molecule has 0 saturated heterocycles. The number of carboxylic acid groups (broad SMARTS) is 1. The molecule has 18 heavy (non-hydrogen) atoms. The van der Waals surface area contributed by atoms with Crippen LogP contribution in [0.4, 0.5) is 0 Å². The van der Waals surface area contributed by atoms with Crippen molar-refractivity contribution in [1.29, 1.82) is 0 Å². The van der Waals surface area contributed by atoms with E-state index in [0.29, 0.717) is 19.8 Å². The molecule has 1 amide bonds. The fourth-order valence-electron chi connectivity index (χ4n) is 1.12. The largest absolute Gasteiger partial charge is 0.478 e. The summed E-state index contributed by atoms with van der Waals surface area (Å²) in [6.45, 7) is 7.07. The van der Waals surface area contributed by atoms with Crippen LogP contribution in [0.25, 0.3) is 0 Å². The van der Waals surface area contributed by atoms with Crippen LogP contribution in [0.15, 0.2) is 12.2 Å². The molecular formula is C12H21NO5. The van der Waals surface area contributed by atoms with Crippen LogP contribution >= 0.6 is 0 Å². The first-order valence-electron chi connectivity index (χ1n) is 5.86. The summed E-state index contributed by atoms with van der Waals surface area (Å²) in [5.74, 6) is -1.61. The molecule has 6 nitrogen and oxygen atoms in total. The van der Waals surface area contributed by atoms with Gasteiger partial charge in [0.25, 0.3) is 0 Å². The number of carbonyl (C=O) groups excluding carboxylic acids is 1. The molecule has 2 N–H and O–H groups in total. The van der Waals surface area contributed by atoms with Crippen molar-refractivity contribution in [2.75, 3.05) is 19.8 Å². The molecule has 0 aromatic rings. The molecule has 6 heteroatoms. The Morgan fingerprint density at radius 3 is 2.50 bits per heavy atom. The lowest BCUT2D eigenvalue weighted by Gasteiger charge is -2.17. The molecule has 0 aliphatic heterocycles. The first-order chi connectivity index (χ1) is 8.45. The Balaban J connectivity index is 3.79. The second kappa shape index (κ2) is 9.61. The van der Waals surface area contributed by atoms with Crippen LogP contribution in [-0.4, -0.2) is 48.9 Å². The number of amides is 1. The highest BCUT2D eigenvalue weighted by atomic mass is 16.5. The van der Waals surface area contributed by atoms with Crippen molar-refractivity contribution in [2.24, 2.45) is 0 Å². The lowest BCUT2D eigenvalue weighted by atomic mass is 10.3. The minimum Gasteiger partial charge on any atom is -0.478 e. The number of nitrogens with one attached hydrogen (secondary N) is 1. The van der Waals surface area contributed by atoms with Crippen molar-refractivity contribution in [1.82, 2.24) is 5.32 Å². The van der Waals surface area contributed by atoms with E-state index in [4.69, 9.17) is 14.6 Å². The highest BCUT2D eigenvalue weighted by molar-refractivity contribution is 5.93. The Morgan fingerprint density at radius 2 is 1.94 bits per heavy atom. The van der Waals surface area contributed by atoms with Gasteiger partial charge in [-0.25, -0.2) is 4.79 Å². The third-order valence-corrected chi connectivity index (χ3v) is 1.95. The van der Waals surface area contributed by atoms with Gasteiger partial charge in [0.15, 0.2) is 0 Å². The van der Waals surface area contributed by atoms with Crippen molar-refractivity contribution in [3.63, 3.8) is 0 Å². The van der Waals surface area contributed by atoms with E-state index >= 15 is 0 Å².